The molecule has 9 nitrogen and oxygen atoms in total. The Kier molecular flexibility index (Phi) is 6.59. The number of halogens is 1. The van der Waals surface area contributed by atoms with Crippen LogP contribution in [0.4, 0.5) is 4.39 Å². The lowest BCUT2D eigenvalue weighted by molar-refractivity contribution is -0.131. The number of aromatic nitrogens is 3. The van der Waals surface area contributed by atoms with Crippen LogP contribution in [0.25, 0.3) is 21.8 Å². The number of nitrogens with zero attached hydrogens (tertiary/aromatic N) is 6. The first-order chi connectivity index (χ1) is 18.5. The smallest absolute Gasteiger partial charge is 0.309 e. The normalized spacial score (nSPS) is 17.1. The number of rotatable bonds is 6. The molecule has 4 aromatic rings. The zero-order chi connectivity index (χ0) is 26.2. The molecule has 2 aliphatic rings. The monoisotopic (exact) mass is 518 g/mol. The first-order valence-electron chi connectivity index (χ1n) is 13.1. The summed E-state index contributed by atoms with van der Waals surface area (Å²) >= 11 is 0. The second-order valence-corrected chi connectivity index (χ2v) is 10.3. The Labute approximate surface area is 219 Å². The molecular formula is C28H31FN6O3. The molecule has 0 radical (unpaired) electrons. The van der Waals surface area contributed by atoms with E-state index in [-0.39, 0.29) is 17.2 Å². The molecule has 2 saturated heterocycles. The Morgan fingerprint density at radius 1 is 0.947 bits per heavy atom. The third kappa shape index (κ3) is 4.77. The topological polar surface area (TPSA) is 86.8 Å². The number of benzene rings is 1. The molecule has 5 heterocycles. The zero-order valence-electron chi connectivity index (χ0n) is 21.2. The molecule has 3 aromatic heterocycles. The van der Waals surface area contributed by atoms with Crippen LogP contribution in [0.3, 0.4) is 0 Å². The first kappa shape index (κ1) is 24.6. The van der Waals surface area contributed by atoms with Gasteiger partial charge in [-0.2, -0.15) is 4.73 Å². The van der Waals surface area contributed by atoms with Crippen LogP contribution < -0.4 is 5.56 Å². The number of amides is 1. The van der Waals surface area contributed by atoms with Crippen molar-refractivity contribution < 1.29 is 14.4 Å². The predicted octanol–water partition coefficient (Wildman–Crippen LogP) is 2.52. The van der Waals surface area contributed by atoms with Crippen molar-refractivity contribution >= 4 is 27.7 Å². The summed E-state index contributed by atoms with van der Waals surface area (Å²) in [5.41, 5.74) is 2.55. The summed E-state index contributed by atoms with van der Waals surface area (Å²) < 4.78 is 16.1. The van der Waals surface area contributed by atoms with Crippen LogP contribution in [0, 0.1) is 5.82 Å². The minimum atomic E-state index is -0.557. The quantitative estimate of drug-likeness (QED) is 0.395. The Balaban J connectivity index is 1.26. The number of hydrogen-bond acceptors (Lipinski definition) is 6. The van der Waals surface area contributed by atoms with Gasteiger partial charge in [-0.05, 0) is 42.2 Å². The molecule has 2 fully saturated rings. The lowest BCUT2D eigenvalue weighted by atomic mass is 10.1. The van der Waals surface area contributed by atoms with Gasteiger partial charge in [0.05, 0.1) is 18.3 Å². The van der Waals surface area contributed by atoms with Gasteiger partial charge in [-0.15, -0.1) is 0 Å². The highest BCUT2D eigenvalue weighted by molar-refractivity contribution is 6.06. The summed E-state index contributed by atoms with van der Waals surface area (Å²) in [6, 6.07) is 8.16. The van der Waals surface area contributed by atoms with Crippen LogP contribution in [0.5, 0.6) is 0 Å². The molecule has 0 saturated carbocycles. The fourth-order valence-electron chi connectivity index (χ4n) is 5.69. The standard InChI is InChI=1S/C28H31FN6O3/c29-22-5-3-20(4-6-22)16-34-18-21(26-23-7-10-35(38)28(37)27(23)30-15-24(26)34)17-31-11-13-32(14-12-31)19-25(36)33-8-1-2-9-33/h3-7,10,15,18,38H,1-2,8-9,11-14,16-17,19H2. The lowest BCUT2D eigenvalue weighted by Crippen LogP contribution is -2.49. The summed E-state index contributed by atoms with van der Waals surface area (Å²) in [7, 11) is 0. The predicted molar refractivity (Wildman–Crippen MR) is 142 cm³/mol. The van der Waals surface area contributed by atoms with Crippen LogP contribution >= 0.6 is 0 Å². The minimum absolute atomic E-state index is 0.216. The van der Waals surface area contributed by atoms with E-state index in [2.05, 4.69) is 25.5 Å². The maximum Gasteiger partial charge on any atom is 0.309 e. The highest BCUT2D eigenvalue weighted by atomic mass is 19.1. The van der Waals surface area contributed by atoms with Gasteiger partial charge in [0.15, 0.2) is 0 Å². The molecule has 1 N–H and O–H groups in total. The average Bonchev–Trinajstić information content (AvgIpc) is 3.58. The summed E-state index contributed by atoms with van der Waals surface area (Å²) in [6.45, 7) is 6.78. The SMILES string of the molecule is O=C(CN1CCN(Cc2cn(Cc3ccc(F)cc3)c3cnc4c(=O)n(O)ccc4c23)CC1)N1CCCC1. The van der Waals surface area contributed by atoms with Crippen molar-refractivity contribution in [1.82, 2.24) is 29.0 Å². The molecule has 10 heteroatoms. The average molecular weight is 519 g/mol. The Bertz CT molecular complexity index is 1530. The van der Waals surface area contributed by atoms with Crippen LogP contribution in [0.2, 0.25) is 0 Å². The Morgan fingerprint density at radius 3 is 2.39 bits per heavy atom. The van der Waals surface area contributed by atoms with Crippen molar-refractivity contribution in [3.8, 4) is 0 Å². The number of carbonyl (C=O) groups is 1. The van der Waals surface area contributed by atoms with E-state index in [1.54, 1.807) is 24.4 Å². The second kappa shape index (κ2) is 10.2. The summed E-state index contributed by atoms with van der Waals surface area (Å²) in [4.78, 5) is 36.1. The Hall–Kier alpha value is -3.76. The summed E-state index contributed by atoms with van der Waals surface area (Å²) in [5, 5.41) is 11.5. The highest BCUT2D eigenvalue weighted by Crippen LogP contribution is 2.29. The van der Waals surface area contributed by atoms with Gasteiger partial charge in [0.25, 0.3) is 0 Å². The molecule has 0 aliphatic carbocycles. The minimum Gasteiger partial charge on any atom is -0.425 e. The van der Waals surface area contributed by atoms with Gasteiger partial charge < -0.3 is 14.7 Å². The van der Waals surface area contributed by atoms with Gasteiger partial charge >= 0.3 is 5.56 Å². The number of piperazine rings is 1. The van der Waals surface area contributed by atoms with Gasteiger partial charge in [-0.25, -0.2) is 9.37 Å². The van der Waals surface area contributed by atoms with E-state index >= 15 is 0 Å². The van der Waals surface area contributed by atoms with Crippen molar-refractivity contribution in [2.45, 2.75) is 25.9 Å². The van der Waals surface area contributed by atoms with Gasteiger partial charge in [0, 0.05) is 75.5 Å². The fraction of sp³-hybridized carbons (Fsp3) is 0.393. The number of likely N-dealkylation sites (tertiary alicyclic amines) is 1. The van der Waals surface area contributed by atoms with E-state index in [0.29, 0.717) is 29.8 Å². The van der Waals surface area contributed by atoms with Gasteiger partial charge in [-0.1, -0.05) is 12.1 Å². The summed E-state index contributed by atoms with van der Waals surface area (Å²) in [5.74, 6) is -0.0469. The molecule has 0 unspecified atom stereocenters. The maximum absolute atomic E-state index is 13.5. The van der Waals surface area contributed by atoms with Crippen LogP contribution in [-0.4, -0.2) is 85.9 Å². The zero-order valence-corrected chi connectivity index (χ0v) is 21.2. The fourth-order valence-corrected chi connectivity index (χ4v) is 5.69. The van der Waals surface area contributed by atoms with E-state index in [9.17, 15) is 19.2 Å². The van der Waals surface area contributed by atoms with E-state index < -0.39 is 5.56 Å². The second-order valence-electron chi connectivity index (χ2n) is 10.3. The number of carbonyl (C=O) groups excluding carboxylic acids is 1. The maximum atomic E-state index is 13.5. The summed E-state index contributed by atoms with van der Waals surface area (Å²) in [6.07, 6.45) is 7.31. The van der Waals surface area contributed by atoms with E-state index in [4.69, 9.17) is 0 Å². The third-order valence-corrected chi connectivity index (χ3v) is 7.77. The van der Waals surface area contributed by atoms with E-state index in [0.717, 1.165) is 74.1 Å². The third-order valence-electron chi connectivity index (χ3n) is 7.77. The van der Waals surface area contributed by atoms with E-state index in [1.165, 1.54) is 18.3 Å². The molecule has 1 amide bonds. The number of fused-ring (bicyclic) bond motifs is 3. The van der Waals surface area contributed by atoms with E-state index in [1.807, 2.05) is 4.90 Å². The van der Waals surface area contributed by atoms with Crippen molar-refractivity contribution in [3.63, 3.8) is 0 Å². The van der Waals surface area contributed by atoms with Crippen molar-refractivity contribution in [1.29, 1.82) is 0 Å². The molecule has 2 aliphatic heterocycles. The van der Waals surface area contributed by atoms with Crippen molar-refractivity contribution in [2.75, 3.05) is 45.8 Å². The van der Waals surface area contributed by atoms with Crippen molar-refractivity contribution in [2.24, 2.45) is 0 Å². The van der Waals surface area contributed by atoms with Crippen molar-refractivity contribution in [3.05, 3.63) is 76.2 Å². The molecule has 0 atom stereocenters. The highest BCUT2D eigenvalue weighted by Gasteiger charge is 2.24. The van der Waals surface area contributed by atoms with Gasteiger partial charge in [0.1, 0.15) is 11.3 Å². The molecule has 198 valence electrons. The largest absolute Gasteiger partial charge is 0.425 e. The lowest BCUT2D eigenvalue weighted by Gasteiger charge is -2.35. The first-order valence-corrected chi connectivity index (χ1v) is 13.1. The van der Waals surface area contributed by atoms with Crippen LogP contribution in [0.15, 0.2) is 53.7 Å². The molecular weight excluding hydrogens is 487 g/mol. The number of pyridine rings is 2. The molecule has 6 rings (SSSR count). The van der Waals surface area contributed by atoms with Crippen LogP contribution in [0.1, 0.15) is 24.0 Å². The van der Waals surface area contributed by atoms with Gasteiger partial charge in [0.2, 0.25) is 5.91 Å². The molecule has 0 spiro atoms. The Morgan fingerprint density at radius 2 is 1.66 bits per heavy atom. The molecule has 1 aromatic carbocycles. The van der Waals surface area contributed by atoms with Gasteiger partial charge in [-0.3, -0.25) is 19.4 Å². The molecule has 0 bridgehead atoms. The molecule has 38 heavy (non-hydrogen) atoms. The number of hydrogen-bond donors (Lipinski definition) is 1. The van der Waals surface area contributed by atoms with Crippen LogP contribution in [-0.2, 0) is 17.9 Å².